The number of rotatable bonds is 1. The summed E-state index contributed by atoms with van der Waals surface area (Å²) >= 11 is 7.94. The van der Waals surface area contributed by atoms with E-state index in [0.717, 1.165) is 16.3 Å². The van der Waals surface area contributed by atoms with Crippen molar-refractivity contribution >= 4 is 28.6 Å². The molecular weight excluding hydrogens is 226 g/mol. The summed E-state index contributed by atoms with van der Waals surface area (Å²) in [5, 5.41) is 0.755. The number of hydrogen-bond acceptors (Lipinski definition) is 2. The van der Waals surface area contributed by atoms with Gasteiger partial charge in [0.25, 0.3) is 0 Å². The molecule has 78 valence electrons. The van der Waals surface area contributed by atoms with Crippen LogP contribution in [-0.2, 0) is 0 Å². The zero-order valence-electron chi connectivity index (χ0n) is 8.67. The van der Waals surface area contributed by atoms with Crippen LogP contribution in [0.25, 0.3) is 11.1 Å². The molecule has 0 aliphatic heterocycles. The fourth-order valence-corrected chi connectivity index (χ4v) is 2.81. The van der Waals surface area contributed by atoms with Gasteiger partial charge in [-0.25, -0.2) is 0 Å². The van der Waals surface area contributed by atoms with Crippen LogP contribution in [0, 0.1) is 13.8 Å². The average Bonchev–Trinajstić information content (AvgIpc) is 2.50. The molecule has 0 spiro atoms. The van der Waals surface area contributed by atoms with E-state index in [-0.39, 0.29) is 0 Å². The highest BCUT2D eigenvalue weighted by atomic mass is 35.5. The second-order valence-corrected chi connectivity index (χ2v) is 5.43. The van der Waals surface area contributed by atoms with E-state index in [0.29, 0.717) is 0 Å². The first-order valence-corrected chi connectivity index (χ1v) is 5.90. The number of hydrogen-bond donors (Lipinski definition) is 1. The quantitative estimate of drug-likeness (QED) is 0.737. The predicted molar refractivity (Wildman–Crippen MR) is 68.7 cm³/mol. The summed E-state index contributed by atoms with van der Waals surface area (Å²) in [4.78, 5) is 2.57. The van der Waals surface area contributed by atoms with Crippen LogP contribution in [0.15, 0.2) is 24.3 Å². The van der Waals surface area contributed by atoms with Crippen molar-refractivity contribution in [2.24, 2.45) is 0 Å². The van der Waals surface area contributed by atoms with E-state index in [1.165, 1.54) is 15.3 Å². The smallest absolute Gasteiger partial charge is 0.0486 e. The molecule has 3 heteroatoms. The van der Waals surface area contributed by atoms with Gasteiger partial charge in [0.15, 0.2) is 0 Å². The van der Waals surface area contributed by atoms with Crippen molar-refractivity contribution in [3.05, 3.63) is 39.0 Å². The molecule has 0 saturated carbocycles. The summed E-state index contributed by atoms with van der Waals surface area (Å²) in [7, 11) is 0. The summed E-state index contributed by atoms with van der Waals surface area (Å²) < 4.78 is 0. The highest BCUT2D eigenvalue weighted by molar-refractivity contribution is 7.12. The van der Waals surface area contributed by atoms with Gasteiger partial charge in [-0.3, -0.25) is 0 Å². The van der Waals surface area contributed by atoms with Crippen molar-refractivity contribution in [2.75, 3.05) is 5.73 Å². The summed E-state index contributed by atoms with van der Waals surface area (Å²) in [5.41, 5.74) is 8.73. The van der Waals surface area contributed by atoms with Gasteiger partial charge in [0.05, 0.1) is 0 Å². The highest BCUT2D eigenvalue weighted by Crippen LogP contribution is 2.35. The molecule has 0 unspecified atom stereocenters. The molecule has 0 radical (unpaired) electrons. The molecule has 0 aliphatic carbocycles. The second kappa shape index (κ2) is 3.87. The van der Waals surface area contributed by atoms with Crippen LogP contribution in [0.1, 0.15) is 9.75 Å². The maximum absolute atomic E-state index is 6.16. The number of halogens is 1. The van der Waals surface area contributed by atoms with Crippen LogP contribution in [-0.4, -0.2) is 0 Å². The molecule has 0 atom stereocenters. The van der Waals surface area contributed by atoms with Crippen LogP contribution in [0.4, 0.5) is 5.69 Å². The zero-order valence-corrected chi connectivity index (χ0v) is 10.2. The molecule has 2 N–H and O–H groups in total. The number of thiophene rings is 1. The molecule has 0 amide bonds. The Morgan fingerprint density at radius 1 is 1.13 bits per heavy atom. The van der Waals surface area contributed by atoms with Crippen LogP contribution in [0.3, 0.4) is 0 Å². The van der Waals surface area contributed by atoms with Gasteiger partial charge in [0.2, 0.25) is 0 Å². The normalized spacial score (nSPS) is 10.6. The Morgan fingerprint density at radius 3 is 2.47 bits per heavy atom. The minimum absolute atomic E-state index is 0.748. The van der Waals surface area contributed by atoms with Gasteiger partial charge in [-0.2, -0.15) is 0 Å². The third-order valence-corrected chi connectivity index (χ3v) is 3.62. The lowest BCUT2D eigenvalue weighted by atomic mass is 10.1. The Bertz CT molecular complexity index is 502. The van der Waals surface area contributed by atoms with Crippen molar-refractivity contribution in [2.45, 2.75) is 13.8 Å². The summed E-state index contributed by atoms with van der Waals surface area (Å²) in [5.74, 6) is 0. The van der Waals surface area contributed by atoms with Gasteiger partial charge in [-0.1, -0.05) is 11.6 Å². The van der Waals surface area contributed by atoms with Crippen molar-refractivity contribution in [3.8, 4) is 11.1 Å². The molecule has 1 nitrogen and oxygen atoms in total. The molecule has 1 heterocycles. The van der Waals surface area contributed by atoms with E-state index >= 15 is 0 Å². The van der Waals surface area contributed by atoms with Gasteiger partial charge in [0.1, 0.15) is 0 Å². The van der Waals surface area contributed by atoms with Crippen molar-refractivity contribution in [1.29, 1.82) is 0 Å². The van der Waals surface area contributed by atoms with Crippen LogP contribution in [0.2, 0.25) is 5.02 Å². The zero-order chi connectivity index (χ0) is 11.0. The number of nitrogens with two attached hydrogens (primary N) is 1. The highest BCUT2D eigenvalue weighted by Gasteiger charge is 2.09. The van der Waals surface area contributed by atoms with E-state index in [4.69, 9.17) is 17.3 Å². The summed E-state index contributed by atoms with van der Waals surface area (Å²) in [6, 6.07) is 7.75. The molecule has 1 aromatic carbocycles. The van der Waals surface area contributed by atoms with Crippen LogP contribution < -0.4 is 5.73 Å². The molecule has 2 rings (SSSR count). The van der Waals surface area contributed by atoms with Crippen LogP contribution >= 0.6 is 22.9 Å². The summed E-state index contributed by atoms with van der Waals surface area (Å²) in [6.45, 7) is 4.20. The molecular formula is C12H12ClNS. The third-order valence-electron chi connectivity index (χ3n) is 2.32. The lowest BCUT2D eigenvalue weighted by Gasteiger charge is -2.04. The molecule has 0 fully saturated rings. The molecule has 2 aromatic rings. The van der Waals surface area contributed by atoms with Gasteiger partial charge >= 0.3 is 0 Å². The van der Waals surface area contributed by atoms with Crippen LogP contribution in [0.5, 0.6) is 0 Å². The van der Waals surface area contributed by atoms with Crippen molar-refractivity contribution in [3.63, 3.8) is 0 Å². The minimum atomic E-state index is 0.748. The van der Waals surface area contributed by atoms with Gasteiger partial charge in [-0.15, -0.1) is 11.3 Å². The maximum Gasteiger partial charge on any atom is 0.0486 e. The molecule has 15 heavy (non-hydrogen) atoms. The van der Waals surface area contributed by atoms with Crippen molar-refractivity contribution in [1.82, 2.24) is 0 Å². The number of nitrogen functional groups attached to an aromatic ring is 1. The average molecular weight is 238 g/mol. The molecule has 1 aromatic heterocycles. The van der Waals surface area contributed by atoms with Gasteiger partial charge in [-0.05, 0) is 43.7 Å². The molecule has 0 bridgehead atoms. The maximum atomic E-state index is 6.16. The largest absolute Gasteiger partial charge is 0.399 e. The third kappa shape index (κ3) is 2.01. The van der Waals surface area contributed by atoms with E-state index in [2.05, 4.69) is 19.9 Å². The Kier molecular flexibility index (Phi) is 2.72. The van der Waals surface area contributed by atoms with E-state index in [1.54, 1.807) is 11.3 Å². The number of aryl methyl sites for hydroxylation is 2. The van der Waals surface area contributed by atoms with E-state index < -0.39 is 0 Å². The fourth-order valence-electron chi connectivity index (χ4n) is 1.65. The first-order chi connectivity index (χ1) is 7.08. The van der Waals surface area contributed by atoms with Gasteiger partial charge in [0, 0.05) is 26.0 Å². The SMILES string of the molecule is Cc1cc(-c2cc(N)ccc2Cl)c(C)s1. The number of benzene rings is 1. The lowest BCUT2D eigenvalue weighted by molar-refractivity contribution is 1.56. The van der Waals surface area contributed by atoms with E-state index in [9.17, 15) is 0 Å². The Morgan fingerprint density at radius 2 is 1.87 bits per heavy atom. The Balaban J connectivity index is 2.62. The minimum Gasteiger partial charge on any atom is -0.399 e. The Hall–Kier alpha value is -0.990. The lowest BCUT2D eigenvalue weighted by Crippen LogP contribution is -1.86. The second-order valence-electron chi connectivity index (χ2n) is 3.57. The van der Waals surface area contributed by atoms with Gasteiger partial charge < -0.3 is 5.73 Å². The standard InChI is InChI=1S/C12H12ClNS/c1-7-5-10(8(2)15-7)11-6-9(14)3-4-12(11)13/h3-6H,14H2,1-2H3. The first kappa shape index (κ1) is 10.5. The summed E-state index contributed by atoms with van der Waals surface area (Å²) in [6.07, 6.45) is 0. The van der Waals surface area contributed by atoms with E-state index in [1.807, 2.05) is 18.2 Å². The molecule has 0 saturated heterocycles. The Labute approximate surface area is 98.5 Å². The fraction of sp³-hybridized carbons (Fsp3) is 0.167. The predicted octanol–water partition coefficient (Wildman–Crippen LogP) is 4.27. The molecule has 0 aliphatic rings. The first-order valence-electron chi connectivity index (χ1n) is 4.70. The topological polar surface area (TPSA) is 26.0 Å². The van der Waals surface area contributed by atoms with Crippen molar-refractivity contribution < 1.29 is 0 Å². The number of anilines is 1. The monoisotopic (exact) mass is 237 g/mol.